The molecule has 6 nitrogen and oxygen atoms in total. The van der Waals surface area contributed by atoms with Crippen LogP contribution in [0.2, 0.25) is 0 Å². The van der Waals surface area contributed by atoms with E-state index in [1.54, 1.807) is 0 Å². The van der Waals surface area contributed by atoms with E-state index in [2.05, 4.69) is 15.5 Å². The number of ether oxygens (including phenoxy) is 1. The summed E-state index contributed by atoms with van der Waals surface area (Å²) < 4.78 is 5.56. The average Bonchev–Trinajstić information content (AvgIpc) is 3.26. The molecule has 2 aliphatic heterocycles. The van der Waals surface area contributed by atoms with E-state index < -0.39 is 0 Å². The van der Waals surface area contributed by atoms with E-state index in [1.165, 1.54) is 12.8 Å². The van der Waals surface area contributed by atoms with Gasteiger partial charge in [-0.1, -0.05) is 0 Å². The topological polar surface area (TPSA) is 70.2 Å². The molecule has 3 aliphatic rings. The summed E-state index contributed by atoms with van der Waals surface area (Å²) in [5, 5.41) is 10.6. The van der Waals surface area contributed by atoms with Gasteiger partial charge in [0.15, 0.2) is 5.69 Å². The Morgan fingerprint density at radius 1 is 1.38 bits per heavy atom. The maximum absolute atomic E-state index is 12.8. The third-order valence-corrected chi connectivity index (χ3v) is 4.60. The van der Waals surface area contributed by atoms with E-state index in [0.717, 1.165) is 30.8 Å². The quantitative estimate of drug-likeness (QED) is 0.844. The smallest absolute Gasteiger partial charge is 0.275 e. The summed E-state index contributed by atoms with van der Waals surface area (Å²) in [4.78, 5) is 14.8. The van der Waals surface area contributed by atoms with Crippen LogP contribution in [0.4, 0.5) is 0 Å². The van der Waals surface area contributed by atoms with Gasteiger partial charge in [-0.2, -0.15) is 5.10 Å². The van der Waals surface area contributed by atoms with Gasteiger partial charge < -0.3 is 15.0 Å². The summed E-state index contributed by atoms with van der Waals surface area (Å²) >= 11 is 0. The second-order valence-corrected chi connectivity index (χ2v) is 5.93. The SMILES string of the molecule is Cl.O=C(c1n[nH]c2c1CNCC2)N1CCOCC1C1CC1. The molecule has 1 aromatic rings. The summed E-state index contributed by atoms with van der Waals surface area (Å²) in [6, 6.07) is 0.250. The largest absolute Gasteiger partial charge is 0.377 e. The van der Waals surface area contributed by atoms with Crippen LogP contribution in [-0.2, 0) is 17.7 Å². The van der Waals surface area contributed by atoms with Crippen LogP contribution >= 0.6 is 12.4 Å². The summed E-state index contributed by atoms with van der Waals surface area (Å²) in [5.41, 5.74) is 2.78. The van der Waals surface area contributed by atoms with E-state index in [1.807, 2.05) is 4.90 Å². The Bertz CT molecular complexity index is 529. The summed E-state index contributed by atoms with van der Waals surface area (Å²) in [7, 11) is 0. The van der Waals surface area contributed by atoms with E-state index in [4.69, 9.17) is 4.74 Å². The van der Waals surface area contributed by atoms with Crippen molar-refractivity contribution in [2.75, 3.05) is 26.3 Å². The van der Waals surface area contributed by atoms with Crippen molar-refractivity contribution >= 4 is 18.3 Å². The minimum absolute atomic E-state index is 0. The molecule has 0 aromatic carbocycles. The van der Waals surface area contributed by atoms with Gasteiger partial charge in [-0.3, -0.25) is 9.89 Å². The molecule has 7 heteroatoms. The van der Waals surface area contributed by atoms with Crippen molar-refractivity contribution in [1.29, 1.82) is 0 Å². The molecule has 1 aromatic heterocycles. The Morgan fingerprint density at radius 2 is 2.24 bits per heavy atom. The van der Waals surface area contributed by atoms with E-state index in [-0.39, 0.29) is 24.4 Å². The van der Waals surface area contributed by atoms with Crippen molar-refractivity contribution in [1.82, 2.24) is 20.4 Å². The Kier molecular flexibility index (Phi) is 4.19. The van der Waals surface area contributed by atoms with Crippen LogP contribution in [0.5, 0.6) is 0 Å². The molecular formula is C14H21ClN4O2. The highest BCUT2D eigenvalue weighted by atomic mass is 35.5. The maximum atomic E-state index is 12.8. The Labute approximate surface area is 130 Å². The van der Waals surface area contributed by atoms with Gasteiger partial charge in [0.25, 0.3) is 5.91 Å². The Morgan fingerprint density at radius 3 is 3.05 bits per heavy atom. The summed E-state index contributed by atoms with van der Waals surface area (Å²) in [6.45, 7) is 3.70. The van der Waals surface area contributed by atoms with Gasteiger partial charge in [-0.25, -0.2) is 0 Å². The van der Waals surface area contributed by atoms with E-state index in [9.17, 15) is 4.79 Å². The highest BCUT2D eigenvalue weighted by molar-refractivity contribution is 5.94. The number of halogens is 1. The second kappa shape index (κ2) is 5.94. The predicted molar refractivity (Wildman–Crippen MR) is 79.6 cm³/mol. The number of aromatic amines is 1. The van der Waals surface area contributed by atoms with Crippen molar-refractivity contribution in [2.45, 2.75) is 31.8 Å². The molecule has 1 saturated heterocycles. The van der Waals surface area contributed by atoms with Gasteiger partial charge >= 0.3 is 0 Å². The first-order chi connectivity index (χ1) is 9.84. The third kappa shape index (κ3) is 2.67. The molecular weight excluding hydrogens is 292 g/mol. The molecule has 3 heterocycles. The number of aromatic nitrogens is 2. The van der Waals surface area contributed by atoms with Crippen LogP contribution in [-0.4, -0.2) is 53.3 Å². The first-order valence-corrected chi connectivity index (χ1v) is 7.50. The van der Waals surface area contributed by atoms with Gasteiger partial charge in [-0.15, -0.1) is 12.4 Å². The third-order valence-electron chi connectivity index (χ3n) is 4.60. The van der Waals surface area contributed by atoms with Gasteiger partial charge in [0.1, 0.15) is 0 Å². The van der Waals surface area contributed by atoms with Crippen LogP contribution in [0, 0.1) is 5.92 Å². The Balaban J connectivity index is 0.00000132. The minimum Gasteiger partial charge on any atom is -0.377 e. The molecule has 0 radical (unpaired) electrons. The van der Waals surface area contributed by atoms with Crippen LogP contribution < -0.4 is 5.32 Å². The zero-order chi connectivity index (χ0) is 13.5. The minimum atomic E-state index is 0. The molecule has 1 atom stereocenters. The van der Waals surface area contributed by atoms with E-state index in [0.29, 0.717) is 31.4 Å². The number of carbonyl (C=O) groups excluding carboxylic acids is 1. The highest BCUT2D eigenvalue weighted by Crippen LogP contribution is 2.37. The highest BCUT2D eigenvalue weighted by Gasteiger charge is 2.40. The lowest BCUT2D eigenvalue weighted by Gasteiger charge is -2.35. The number of hydrogen-bond donors (Lipinski definition) is 2. The predicted octanol–water partition coefficient (Wildman–Crippen LogP) is 0.728. The van der Waals surface area contributed by atoms with Crippen LogP contribution in [0.25, 0.3) is 0 Å². The zero-order valence-electron chi connectivity index (χ0n) is 11.9. The number of fused-ring (bicyclic) bond motifs is 1. The van der Waals surface area contributed by atoms with Gasteiger partial charge in [0.05, 0.1) is 19.3 Å². The van der Waals surface area contributed by atoms with Crippen LogP contribution in [0.3, 0.4) is 0 Å². The van der Waals surface area contributed by atoms with Gasteiger partial charge in [-0.05, 0) is 18.8 Å². The van der Waals surface area contributed by atoms with Crippen molar-refractivity contribution < 1.29 is 9.53 Å². The van der Waals surface area contributed by atoms with Crippen molar-refractivity contribution in [2.24, 2.45) is 5.92 Å². The monoisotopic (exact) mass is 312 g/mol. The number of carbonyl (C=O) groups is 1. The maximum Gasteiger partial charge on any atom is 0.275 e. The second-order valence-electron chi connectivity index (χ2n) is 5.93. The lowest BCUT2D eigenvalue weighted by Crippen LogP contribution is -2.50. The molecule has 116 valence electrons. The number of nitrogens with one attached hydrogen (secondary N) is 2. The number of morpholine rings is 1. The van der Waals surface area contributed by atoms with E-state index >= 15 is 0 Å². The number of amides is 1. The molecule has 0 bridgehead atoms. The lowest BCUT2D eigenvalue weighted by molar-refractivity contribution is -0.00870. The number of rotatable bonds is 2. The summed E-state index contributed by atoms with van der Waals surface area (Å²) in [6.07, 6.45) is 3.36. The van der Waals surface area contributed by atoms with Gasteiger partial charge in [0.2, 0.25) is 0 Å². The number of nitrogens with zero attached hydrogens (tertiary/aromatic N) is 2. The normalized spacial score (nSPS) is 25.1. The van der Waals surface area contributed by atoms with Crippen molar-refractivity contribution in [3.63, 3.8) is 0 Å². The molecule has 1 amide bonds. The average molecular weight is 313 g/mol. The van der Waals surface area contributed by atoms with Crippen LogP contribution in [0.15, 0.2) is 0 Å². The van der Waals surface area contributed by atoms with Gasteiger partial charge in [0, 0.05) is 37.3 Å². The molecule has 1 unspecified atom stereocenters. The molecule has 2 fully saturated rings. The molecule has 2 N–H and O–H groups in total. The molecule has 4 rings (SSSR count). The fraction of sp³-hybridized carbons (Fsp3) is 0.714. The standard InChI is InChI=1S/C14H20N4O2.ClH/c19-14(13-10-7-15-4-3-11(10)16-17-13)18-5-6-20-8-12(18)9-1-2-9;/h9,12,15H,1-8H2,(H,16,17);1H. The molecule has 1 saturated carbocycles. The summed E-state index contributed by atoms with van der Waals surface area (Å²) in [5.74, 6) is 0.707. The Hall–Kier alpha value is -1.11. The first-order valence-electron chi connectivity index (χ1n) is 7.50. The molecule has 21 heavy (non-hydrogen) atoms. The van der Waals surface area contributed by atoms with Crippen molar-refractivity contribution in [3.05, 3.63) is 17.0 Å². The lowest BCUT2D eigenvalue weighted by atomic mass is 10.0. The fourth-order valence-electron chi connectivity index (χ4n) is 3.28. The zero-order valence-corrected chi connectivity index (χ0v) is 12.7. The molecule has 1 aliphatic carbocycles. The number of H-pyrrole nitrogens is 1. The fourth-order valence-corrected chi connectivity index (χ4v) is 3.28. The number of hydrogen-bond acceptors (Lipinski definition) is 4. The van der Waals surface area contributed by atoms with Crippen LogP contribution in [0.1, 0.15) is 34.6 Å². The van der Waals surface area contributed by atoms with Crippen molar-refractivity contribution in [3.8, 4) is 0 Å². The molecule has 0 spiro atoms. The first kappa shape index (κ1) is 14.8.